The Labute approximate surface area is 177 Å². The Kier molecular flexibility index (Phi) is 5.63. The standard InChI is InChI=1S/C18H15F3N4OS3/c1-10(26)25(14-6-7-14)16-23-24-17(29-16)28-9-13-8-27-15(22-13)11-2-4-12(5-3-11)18(19,20)21/h2-5,8,14H,6-7,9H2,1H3. The largest absolute Gasteiger partial charge is 0.416 e. The number of hydrogen-bond donors (Lipinski definition) is 0. The van der Waals surface area contributed by atoms with Crippen LogP contribution in [0.4, 0.5) is 18.3 Å². The van der Waals surface area contributed by atoms with Crippen LogP contribution in [0.3, 0.4) is 0 Å². The van der Waals surface area contributed by atoms with Crippen LogP contribution < -0.4 is 4.90 Å². The molecular weight excluding hydrogens is 441 g/mol. The van der Waals surface area contributed by atoms with Crippen LogP contribution in [-0.4, -0.2) is 27.1 Å². The summed E-state index contributed by atoms with van der Waals surface area (Å²) in [4.78, 5) is 18.0. The third kappa shape index (κ3) is 4.78. The normalized spacial score (nSPS) is 14.2. The second-order valence-electron chi connectivity index (χ2n) is 6.48. The van der Waals surface area contributed by atoms with Crippen LogP contribution in [0.1, 0.15) is 31.0 Å². The van der Waals surface area contributed by atoms with Gasteiger partial charge in [0.25, 0.3) is 0 Å². The number of hydrogen-bond acceptors (Lipinski definition) is 7. The molecule has 29 heavy (non-hydrogen) atoms. The van der Waals surface area contributed by atoms with Gasteiger partial charge in [0.05, 0.1) is 11.3 Å². The van der Waals surface area contributed by atoms with Crippen LogP contribution in [0.25, 0.3) is 10.6 Å². The molecule has 1 aliphatic carbocycles. The quantitative estimate of drug-likeness (QED) is 0.363. The molecule has 1 saturated carbocycles. The van der Waals surface area contributed by atoms with Crippen molar-refractivity contribution in [2.24, 2.45) is 0 Å². The molecule has 1 aromatic carbocycles. The van der Waals surface area contributed by atoms with E-state index in [0.717, 1.165) is 35.0 Å². The Bertz CT molecular complexity index is 1010. The summed E-state index contributed by atoms with van der Waals surface area (Å²) >= 11 is 4.24. The molecule has 0 N–H and O–H groups in total. The maximum Gasteiger partial charge on any atom is 0.416 e. The maximum atomic E-state index is 12.7. The van der Waals surface area contributed by atoms with Crippen molar-refractivity contribution >= 4 is 45.5 Å². The van der Waals surface area contributed by atoms with Gasteiger partial charge < -0.3 is 0 Å². The van der Waals surface area contributed by atoms with Crippen LogP contribution in [0.5, 0.6) is 0 Å². The van der Waals surface area contributed by atoms with E-state index in [9.17, 15) is 18.0 Å². The summed E-state index contributed by atoms with van der Waals surface area (Å²) in [6.45, 7) is 1.53. The fraction of sp³-hybridized carbons (Fsp3) is 0.333. The number of aromatic nitrogens is 3. The predicted molar refractivity (Wildman–Crippen MR) is 108 cm³/mol. The molecule has 0 radical (unpaired) electrons. The molecule has 152 valence electrons. The number of alkyl halides is 3. The average Bonchev–Trinajstić information content (AvgIpc) is 3.19. The molecule has 1 amide bonds. The number of thiazole rings is 1. The lowest BCUT2D eigenvalue weighted by atomic mass is 10.1. The first-order valence-electron chi connectivity index (χ1n) is 8.69. The van der Waals surface area contributed by atoms with E-state index in [1.807, 2.05) is 5.38 Å². The van der Waals surface area contributed by atoms with Crippen LogP contribution in [0.15, 0.2) is 34.0 Å². The molecule has 1 fully saturated rings. The van der Waals surface area contributed by atoms with Crippen molar-refractivity contribution in [2.75, 3.05) is 4.90 Å². The van der Waals surface area contributed by atoms with Gasteiger partial charge >= 0.3 is 6.18 Å². The van der Waals surface area contributed by atoms with Gasteiger partial charge in [0.15, 0.2) is 4.34 Å². The van der Waals surface area contributed by atoms with Gasteiger partial charge in [0.1, 0.15) is 5.01 Å². The lowest BCUT2D eigenvalue weighted by Gasteiger charge is -2.15. The van der Waals surface area contributed by atoms with Crippen molar-refractivity contribution in [3.05, 3.63) is 40.9 Å². The number of halogens is 3. The molecule has 3 aromatic rings. The van der Waals surface area contributed by atoms with Gasteiger partial charge in [-0.15, -0.1) is 21.5 Å². The number of rotatable bonds is 6. The average molecular weight is 457 g/mol. The molecule has 5 nitrogen and oxygen atoms in total. The SMILES string of the molecule is CC(=O)N(c1nnc(SCc2csc(-c3ccc(C(F)(F)F)cc3)n2)s1)C1CC1. The van der Waals surface area contributed by atoms with Crippen molar-refractivity contribution < 1.29 is 18.0 Å². The maximum absolute atomic E-state index is 12.7. The van der Waals surface area contributed by atoms with Crippen molar-refractivity contribution in [2.45, 2.75) is 42.1 Å². The summed E-state index contributed by atoms with van der Waals surface area (Å²) in [5.41, 5.74) is 0.794. The third-order valence-corrected chi connectivity index (χ3v) is 7.24. The number of benzene rings is 1. The topological polar surface area (TPSA) is 59.0 Å². The number of amides is 1. The second kappa shape index (κ2) is 8.04. The molecule has 4 rings (SSSR count). The third-order valence-electron chi connectivity index (χ3n) is 4.21. The minimum Gasteiger partial charge on any atom is -0.284 e. The second-order valence-corrected chi connectivity index (χ2v) is 9.52. The fourth-order valence-electron chi connectivity index (χ4n) is 2.68. The molecule has 0 bridgehead atoms. The number of nitrogens with zero attached hydrogens (tertiary/aromatic N) is 4. The zero-order valence-corrected chi connectivity index (χ0v) is 17.6. The van der Waals surface area contributed by atoms with E-state index in [1.54, 1.807) is 4.90 Å². The first kappa shape index (κ1) is 20.3. The number of carbonyl (C=O) groups is 1. The van der Waals surface area contributed by atoms with Crippen molar-refractivity contribution in [3.63, 3.8) is 0 Å². The van der Waals surface area contributed by atoms with Gasteiger partial charge in [-0.3, -0.25) is 9.69 Å². The van der Waals surface area contributed by atoms with Crippen LogP contribution in [0, 0.1) is 0 Å². The van der Waals surface area contributed by atoms with E-state index in [1.165, 1.54) is 53.5 Å². The van der Waals surface area contributed by atoms with Crippen molar-refractivity contribution in [1.82, 2.24) is 15.2 Å². The molecule has 2 heterocycles. The highest BCUT2D eigenvalue weighted by Gasteiger charge is 2.34. The summed E-state index contributed by atoms with van der Waals surface area (Å²) in [7, 11) is 0. The zero-order chi connectivity index (χ0) is 20.6. The molecule has 0 atom stereocenters. The fourth-order valence-corrected chi connectivity index (χ4v) is 5.46. The van der Waals surface area contributed by atoms with E-state index in [4.69, 9.17) is 0 Å². The highest BCUT2D eigenvalue weighted by atomic mass is 32.2. The minimum atomic E-state index is -4.35. The first-order chi connectivity index (χ1) is 13.8. The highest BCUT2D eigenvalue weighted by molar-refractivity contribution is 8.00. The zero-order valence-electron chi connectivity index (χ0n) is 15.1. The Morgan fingerprint density at radius 2 is 1.97 bits per heavy atom. The predicted octanol–water partition coefficient (Wildman–Crippen LogP) is 5.49. The van der Waals surface area contributed by atoms with E-state index < -0.39 is 11.7 Å². The molecule has 0 saturated heterocycles. The van der Waals surface area contributed by atoms with Gasteiger partial charge in [-0.25, -0.2) is 4.98 Å². The summed E-state index contributed by atoms with van der Waals surface area (Å²) in [6.07, 6.45) is -2.36. The number of thioether (sulfide) groups is 1. The van der Waals surface area contributed by atoms with E-state index in [2.05, 4.69) is 15.2 Å². The number of anilines is 1. The molecular formula is C18H15F3N4OS3. The van der Waals surface area contributed by atoms with Crippen LogP contribution >= 0.6 is 34.4 Å². The van der Waals surface area contributed by atoms with Crippen LogP contribution in [-0.2, 0) is 16.7 Å². The van der Waals surface area contributed by atoms with E-state index in [0.29, 0.717) is 21.5 Å². The van der Waals surface area contributed by atoms with Crippen LogP contribution in [0.2, 0.25) is 0 Å². The first-order valence-corrected chi connectivity index (χ1v) is 11.4. The smallest absolute Gasteiger partial charge is 0.284 e. The van der Waals surface area contributed by atoms with Crippen molar-refractivity contribution in [3.8, 4) is 10.6 Å². The summed E-state index contributed by atoms with van der Waals surface area (Å²) < 4.78 is 38.8. The molecule has 2 aromatic heterocycles. The Hall–Kier alpha value is -1.98. The molecule has 0 aliphatic heterocycles. The summed E-state index contributed by atoms with van der Waals surface area (Å²) in [5.74, 6) is 0.538. The minimum absolute atomic E-state index is 0.0270. The lowest BCUT2D eigenvalue weighted by molar-refractivity contribution is -0.137. The Morgan fingerprint density at radius 1 is 1.24 bits per heavy atom. The molecule has 0 unspecified atom stereocenters. The highest BCUT2D eigenvalue weighted by Crippen LogP contribution is 2.37. The number of carbonyl (C=O) groups excluding carboxylic acids is 1. The van der Waals surface area contributed by atoms with Gasteiger partial charge in [0.2, 0.25) is 11.0 Å². The van der Waals surface area contributed by atoms with E-state index in [-0.39, 0.29) is 11.9 Å². The monoisotopic (exact) mass is 456 g/mol. The lowest BCUT2D eigenvalue weighted by Crippen LogP contribution is -2.30. The van der Waals surface area contributed by atoms with Gasteiger partial charge in [-0.05, 0) is 25.0 Å². The Balaban J connectivity index is 1.39. The van der Waals surface area contributed by atoms with Gasteiger partial charge in [0, 0.05) is 29.7 Å². The Morgan fingerprint density at radius 3 is 2.59 bits per heavy atom. The van der Waals surface area contributed by atoms with Crippen molar-refractivity contribution in [1.29, 1.82) is 0 Å². The molecule has 0 spiro atoms. The molecule has 11 heteroatoms. The molecule has 1 aliphatic rings. The summed E-state index contributed by atoms with van der Waals surface area (Å²) in [5, 5.41) is 11.5. The summed E-state index contributed by atoms with van der Waals surface area (Å²) in [6, 6.07) is 5.24. The van der Waals surface area contributed by atoms with Gasteiger partial charge in [-0.1, -0.05) is 35.2 Å². The van der Waals surface area contributed by atoms with E-state index >= 15 is 0 Å². The van der Waals surface area contributed by atoms with Gasteiger partial charge in [-0.2, -0.15) is 13.2 Å².